The van der Waals surface area contributed by atoms with E-state index in [1.807, 2.05) is 142 Å². The Bertz CT molecular complexity index is 2180. The summed E-state index contributed by atoms with van der Waals surface area (Å²) < 4.78 is 67.3. The molecule has 0 spiro atoms. The first-order chi connectivity index (χ1) is 27.5. The van der Waals surface area contributed by atoms with E-state index in [2.05, 4.69) is 13.8 Å². The summed E-state index contributed by atoms with van der Waals surface area (Å²) in [7, 11) is -7.91. The maximum Gasteiger partial charge on any atom is 0.474 e. The van der Waals surface area contributed by atoms with E-state index >= 15 is 0 Å². The Morgan fingerprint density at radius 2 is 0.807 bits per heavy atom. The number of hydrogen-bond donors (Lipinski definition) is 0. The van der Waals surface area contributed by atoms with E-state index in [9.17, 15) is 9.13 Å². The minimum atomic E-state index is -4.00. The van der Waals surface area contributed by atoms with Gasteiger partial charge < -0.3 is 27.6 Å². The molecule has 8 nitrogen and oxygen atoms in total. The van der Waals surface area contributed by atoms with E-state index in [1.165, 1.54) is 0 Å². The third-order valence-corrected chi connectivity index (χ3v) is 14.7. The monoisotopic (exact) mass is 804 g/mol. The van der Waals surface area contributed by atoms with Gasteiger partial charge in [0, 0.05) is 5.41 Å². The van der Waals surface area contributed by atoms with E-state index in [1.54, 1.807) is 48.5 Å². The van der Waals surface area contributed by atoms with Crippen molar-refractivity contribution in [2.45, 2.75) is 70.5 Å². The van der Waals surface area contributed by atoms with Gasteiger partial charge in [0.05, 0.1) is 0 Å². The molecule has 0 aromatic heterocycles. The van der Waals surface area contributed by atoms with E-state index in [-0.39, 0.29) is 0 Å². The quantitative estimate of drug-likeness (QED) is 0.0748. The molecular formula is C47H50O8P2. The largest absolute Gasteiger partial charge is 0.475 e. The van der Waals surface area contributed by atoms with Crippen LogP contribution < -0.4 is 27.6 Å². The van der Waals surface area contributed by atoms with Crippen molar-refractivity contribution in [3.05, 3.63) is 181 Å². The first-order valence-electron chi connectivity index (χ1n) is 19.3. The molecule has 0 bridgehead atoms. The molecule has 0 radical (unpaired) electrons. The standard InChI is InChI=1S/C47H50O8P2/c1-6-45(50-39-21-13-9-14-22-39)56(48,52-41-23-15-10-16-24-41)53-44-35-31-38(32-36-44)46(4,5)37-29-33-40(34-30-37)51-47(7-2,8-3)57(49,54-42-25-17-11-18-26-42)55-43-27-19-12-20-28-43/h9-36,45H,6-8H2,1-5H3. The van der Waals surface area contributed by atoms with Gasteiger partial charge in [-0.3, -0.25) is 0 Å². The summed E-state index contributed by atoms with van der Waals surface area (Å²) in [5.74, 6) is 1.92. The average Bonchev–Trinajstić information content (AvgIpc) is 3.23. The fourth-order valence-corrected chi connectivity index (χ4v) is 10.4. The van der Waals surface area contributed by atoms with Gasteiger partial charge in [-0.25, -0.2) is 9.13 Å². The number of benzene rings is 6. The zero-order chi connectivity index (χ0) is 40.4. The predicted molar refractivity (Wildman–Crippen MR) is 227 cm³/mol. The minimum Gasteiger partial charge on any atom is -0.475 e. The van der Waals surface area contributed by atoms with Crippen molar-refractivity contribution in [1.29, 1.82) is 0 Å². The lowest BCUT2D eigenvalue weighted by Gasteiger charge is -2.37. The zero-order valence-electron chi connectivity index (χ0n) is 33.0. The van der Waals surface area contributed by atoms with Crippen LogP contribution in [0.4, 0.5) is 0 Å². The highest BCUT2D eigenvalue weighted by molar-refractivity contribution is 7.56. The Morgan fingerprint density at radius 3 is 1.19 bits per heavy atom. The molecule has 0 heterocycles. The lowest BCUT2D eigenvalue weighted by Crippen LogP contribution is -2.38. The summed E-state index contributed by atoms with van der Waals surface area (Å²) in [5.41, 5.74) is 1.58. The Morgan fingerprint density at radius 1 is 0.456 bits per heavy atom. The molecule has 296 valence electrons. The van der Waals surface area contributed by atoms with E-state index in [0.717, 1.165) is 11.1 Å². The van der Waals surface area contributed by atoms with Crippen LogP contribution in [0.5, 0.6) is 34.5 Å². The van der Waals surface area contributed by atoms with Crippen LogP contribution in [0.2, 0.25) is 0 Å². The van der Waals surface area contributed by atoms with Crippen LogP contribution in [0, 0.1) is 0 Å². The molecule has 6 aromatic rings. The Hall–Kier alpha value is -5.42. The van der Waals surface area contributed by atoms with Crippen molar-refractivity contribution in [1.82, 2.24) is 0 Å². The van der Waals surface area contributed by atoms with Crippen LogP contribution in [0.1, 0.15) is 65.0 Å². The van der Waals surface area contributed by atoms with Crippen molar-refractivity contribution >= 4 is 15.2 Å². The number of ether oxygens (including phenoxy) is 2. The molecule has 0 aliphatic carbocycles. The second-order valence-electron chi connectivity index (χ2n) is 14.1. The zero-order valence-corrected chi connectivity index (χ0v) is 34.8. The second-order valence-corrected chi connectivity index (χ2v) is 18.3. The summed E-state index contributed by atoms with van der Waals surface area (Å²) in [6.45, 7) is 9.99. The van der Waals surface area contributed by atoms with Crippen LogP contribution in [0.25, 0.3) is 0 Å². The van der Waals surface area contributed by atoms with Crippen molar-refractivity contribution in [2.75, 3.05) is 0 Å². The molecule has 2 atom stereocenters. The Kier molecular flexibility index (Phi) is 13.2. The van der Waals surface area contributed by atoms with Crippen LogP contribution in [-0.2, 0) is 14.5 Å². The van der Waals surface area contributed by atoms with Crippen molar-refractivity contribution in [2.24, 2.45) is 0 Å². The third kappa shape index (κ3) is 9.76. The molecule has 6 rings (SSSR count). The van der Waals surface area contributed by atoms with Gasteiger partial charge in [0.2, 0.25) is 11.2 Å². The van der Waals surface area contributed by atoms with Crippen molar-refractivity contribution < 1.29 is 36.7 Å². The molecule has 2 unspecified atom stereocenters. The van der Waals surface area contributed by atoms with Crippen LogP contribution in [-0.4, -0.2) is 11.2 Å². The Balaban J connectivity index is 1.22. The molecule has 0 N–H and O–H groups in total. The smallest absolute Gasteiger partial charge is 0.474 e. The van der Waals surface area contributed by atoms with Gasteiger partial charge >= 0.3 is 15.2 Å². The molecule has 0 saturated carbocycles. The van der Waals surface area contributed by atoms with Gasteiger partial charge in [-0.2, -0.15) is 0 Å². The number of hydrogen-bond acceptors (Lipinski definition) is 8. The minimum absolute atomic E-state index is 0.364. The summed E-state index contributed by atoms with van der Waals surface area (Å²) >= 11 is 0. The first kappa shape index (κ1) is 41.2. The maximum absolute atomic E-state index is 15.0. The summed E-state index contributed by atoms with van der Waals surface area (Å²) in [6, 6.07) is 51.6. The normalized spacial score (nSPS) is 13.4. The highest BCUT2D eigenvalue weighted by Gasteiger charge is 2.54. The van der Waals surface area contributed by atoms with Gasteiger partial charge in [0.1, 0.15) is 34.5 Å². The van der Waals surface area contributed by atoms with Crippen LogP contribution >= 0.6 is 15.2 Å². The SMILES string of the molecule is CCC(Oc1ccccc1)P(=O)(Oc1ccccc1)Oc1ccc(C(C)(C)c2ccc(OC(CC)(CC)P(=O)(Oc3ccccc3)Oc3ccccc3)cc2)cc1. The van der Waals surface area contributed by atoms with Crippen molar-refractivity contribution in [3.63, 3.8) is 0 Å². The number of para-hydroxylation sites is 4. The highest BCUT2D eigenvalue weighted by Crippen LogP contribution is 2.62. The third-order valence-electron chi connectivity index (χ3n) is 9.93. The van der Waals surface area contributed by atoms with Crippen LogP contribution in [0.3, 0.4) is 0 Å². The molecule has 0 fully saturated rings. The molecule has 10 heteroatoms. The lowest BCUT2D eigenvalue weighted by atomic mass is 9.78. The molecule has 0 amide bonds. The molecule has 6 aromatic carbocycles. The average molecular weight is 805 g/mol. The first-order valence-corrected chi connectivity index (χ1v) is 22.4. The molecule has 0 aliphatic heterocycles. The summed E-state index contributed by atoms with van der Waals surface area (Å²) in [4.78, 5) is 0. The van der Waals surface area contributed by atoms with E-state index in [0.29, 0.717) is 53.8 Å². The fourth-order valence-electron chi connectivity index (χ4n) is 6.46. The van der Waals surface area contributed by atoms with Gasteiger partial charge in [0.25, 0.3) is 0 Å². The molecule has 0 aliphatic rings. The van der Waals surface area contributed by atoms with Crippen molar-refractivity contribution in [3.8, 4) is 34.5 Å². The molecule has 57 heavy (non-hydrogen) atoms. The lowest BCUT2D eigenvalue weighted by molar-refractivity contribution is 0.113. The fraction of sp³-hybridized carbons (Fsp3) is 0.234. The second kappa shape index (κ2) is 18.2. The van der Waals surface area contributed by atoms with Gasteiger partial charge in [-0.05, 0) is 103 Å². The predicted octanol–water partition coefficient (Wildman–Crippen LogP) is 13.7. The Labute approximate surface area is 336 Å². The summed E-state index contributed by atoms with van der Waals surface area (Å²) in [6.07, 6.45) is 1.12. The van der Waals surface area contributed by atoms with Crippen LogP contribution in [0.15, 0.2) is 170 Å². The number of rotatable bonds is 19. The summed E-state index contributed by atoms with van der Waals surface area (Å²) in [5, 5.41) is -1.29. The van der Waals surface area contributed by atoms with Gasteiger partial charge in [-0.15, -0.1) is 0 Å². The molecular weight excluding hydrogens is 754 g/mol. The molecule has 0 saturated heterocycles. The van der Waals surface area contributed by atoms with Gasteiger partial charge in [-0.1, -0.05) is 132 Å². The highest BCUT2D eigenvalue weighted by atomic mass is 31.2. The van der Waals surface area contributed by atoms with E-state index < -0.39 is 31.8 Å². The topological polar surface area (TPSA) is 89.5 Å². The maximum atomic E-state index is 15.0. The van der Waals surface area contributed by atoms with E-state index in [4.69, 9.17) is 27.6 Å². The van der Waals surface area contributed by atoms with Gasteiger partial charge in [0.15, 0.2) is 0 Å².